The highest BCUT2D eigenvalue weighted by molar-refractivity contribution is 5.94. The maximum absolute atomic E-state index is 12.9. The molecule has 0 saturated carbocycles. The zero-order chi connectivity index (χ0) is 21.2. The van der Waals surface area contributed by atoms with E-state index in [4.69, 9.17) is 9.47 Å². The first-order valence-corrected chi connectivity index (χ1v) is 10.4. The highest BCUT2D eigenvalue weighted by Gasteiger charge is 2.33. The van der Waals surface area contributed by atoms with Crippen molar-refractivity contribution in [2.75, 3.05) is 32.8 Å². The van der Waals surface area contributed by atoms with Crippen LogP contribution < -0.4 is 9.47 Å². The van der Waals surface area contributed by atoms with Crippen molar-refractivity contribution in [3.05, 3.63) is 78.6 Å². The number of ether oxygens (including phenoxy) is 2. The Bertz CT molecular complexity index is 1070. The normalized spacial score (nSPS) is 18.0. The molecule has 0 bridgehead atoms. The molecule has 5 rings (SSSR count). The molecule has 3 aromatic rings. The van der Waals surface area contributed by atoms with Crippen LogP contribution in [0, 0.1) is 0 Å². The van der Waals surface area contributed by atoms with Crippen LogP contribution in [0.5, 0.6) is 11.5 Å². The average Bonchev–Trinajstić information content (AvgIpc) is 3.38. The molecule has 3 heterocycles. The van der Waals surface area contributed by atoms with E-state index in [2.05, 4.69) is 0 Å². The molecule has 1 saturated heterocycles. The number of hydrogen-bond donors (Lipinski definition) is 0. The van der Waals surface area contributed by atoms with Gasteiger partial charge >= 0.3 is 0 Å². The Kier molecular flexibility index (Phi) is 5.08. The highest BCUT2D eigenvalue weighted by atomic mass is 16.6. The van der Waals surface area contributed by atoms with Gasteiger partial charge in [0, 0.05) is 49.8 Å². The van der Waals surface area contributed by atoms with E-state index < -0.39 is 6.10 Å². The van der Waals surface area contributed by atoms with Crippen LogP contribution >= 0.6 is 0 Å². The molecule has 0 spiro atoms. The molecule has 7 heteroatoms. The number of hydrogen-bond acceptors (Lipinski definition) is 4. The predicted molar refractivity (Wildman–Crippen MR) is 115 cm³/mol. The molecule has 158 valence electrons. The molecule has 0 radical (unpaired) electrons. The zero-order valence-corrected chi connectivity index (χ0v) is 17.0. The molecule has 2 amide bonds. The van der Waals surface area contributed by atoms with Gasteiger partial charge < -0.3 is 23.8 Å². The molecule has 0 N–H and O–H groups in total. The molecular weight excluding hydrogens is 394 g/mol. The number of aromatic nitrogens is 1. The van der Waals surface area contributed by atoms with Crippen LogP contribution in [0.4, 0.5) is 0 Å². The Balaban J connectivity index is 1.17. The van der Waals surface area contributed by atoms with Crippen LogP contribution in [0.15, 0.2) is 73.1 Å². The number of para-hydroxylation sites is 2. The largest absolute Gasteiger partial charge is 0.485 e. The van der Waals surface area contributed by atoms with Crippen LogP contribution in [0.3, 0.4) is 0 Å². The first kappa shape index (κ1) is 19.2. The minimum atomic E-state index is -0.654. The number of fused-ring (bicyclic) bond motifs is 1. The van der Waals surface area contributed by atoms with Crippen molar-refractivity contribution in [1.82, 2.24) is 14.4 Å². The summed E-state index contributed by atoms with van der Waals surface area (Å²) in [4.78, 5) is 29.3. The number of piperazine rings is 1. The summed E-state index contributed by atoms with van der Waals surface area (Å²) in [5.74, 6) is 1.13. The van der Waals surface area contributed by atoms with Gasteiger partial charge in [-0.15, -0.1) is 0 Å². The third kappa shape index (κ3) is 3.86. The summed E-state index contributed by atoms with van der Waals surface area (Å²) in [5.41, 5.74) is 1.66. The van der Waals surface area contributed by atoms with Crippen LogP contribution in [0.1, 0.15) is 10.4 Å². The molecule has 2 aliphatic rings. The standard InChI is InChI=1S/C24H23N3O4/c28-23(18-7-9-19(10-8-18)25-11-3-4-12-25)26-13-15-27(16-14-26)24(29)22-17-30-20-5-1-2-6-21(20)31-22/h1-12,22H,13-17H2/t22-/m1/s1. The first-order valence-electron chi connectivity index (χ1n) is 10.4. The molecule has 0 aliphatic carbocycles. The summed E-state index contributed by atoms with van der Waals surface area (Å²) in [6.45, 7) is 2.14. The van der Waals surface area contributed by atoms with Gasteiger partial charge in [-0.05, 0) is 48.5 Å². The van der Waals surface area contributed by atoms with Crippen molar-refractivity contribution in [3.8, 4) is 17.2 Å². The molecule has 31 heavy (non-hydrogen) atoms. The van der Waals surface area contributed by atoms with Gasteiger partial charge in [0.15, 0.2) is 11.5 Å². The second-order valence-electron chi connectivity index (χ2n) is 7.62. The van der Waals surface area contributed by atoms with Crippen molar-refractivity contribution in [1.29, 1.82) is 0 Å². The van der Waals surface area contributed by atoms with Crippen molar-refractivity contribution in [2.24, 2.45) is 0 Å². The Morgan fingerprint density at radius 2 is 1.42 bits per heavy atom. The Labute approximate surface area is 180 Å². The van der Waals surface area contributed by atoms with Crippen LogP contribution in [0.2, 0.25) is 0 Å². The molecule has 2 aromatic carbocycles. The maximum Gasteiger partial charge on any atom is 0.267 e. The Morgan fingerprint density at radius 3 is 2.13 bits per heavy atom. The number of carbonyl (C=O) groups excluding carboxylic acids is 2. The summed E-state index contributed by atoms with van der Waals surface area (Å²) < 4.78 is 13.5. The second kappa shape index (κ2) is 8.18. The Hall–Kier alpha value is -3.74. The third-order valence-corrected chi connectivity index (χ3v) is 5.68. The molecular formula is C24H23N3O4. The van der Waals surface area contributed by atoms with E-state index in [1.807, 2.05) is 71.6 Å². The molecule has 0 unspecified atom stereocenters. The number of benzene rings is 2. The van der Waals surface area contributed by atoms with Gasteiger partial charge in [0.25, 0.3) is 11.8 Å². The fourth-order valence-electron chi connectivity index (χ4n) is 3.94. The number of carbonyl (C=O) groups is 2. The lowest BCUT2D eigenvalue weighted by atomic mass is 10.1. The van der Waals surface area contributed by atoms with Crippen molar-refractivity contribution < 1.29 is 19.1 Å². The van der Waals surface area contributed by atoms with E-state index in [9.17, 15) is 9.59 Å². The van der Waals surface area contributed by atoms with Crippen LogP contribution in [0.25, 0.3) is 5.69 Å². The average molecular weight is 417 g/mol. The van der Waals surface area contributed by atoms with Crippen LogP contribution in [-0.4, -0.2) is 65.1 Å². The molecule has 7 nitrogen and oxygen atoms in total. The second-order valence-corrected chi connectivity index (χ2v) is 7.62. The fraction of sp³-hybridized carbons (Fsp3) is 0.250. The summed E-state index contributed by atoms with van der Waals surface area (Å²) in [6, 6.07) is 18.8. The zero-order valence-electron chi connectivity index (χ0n) is 17.0. The van der Waals surface area contributed by atoms with E-state index in [1.54, 1.807) is 15.9 Å². The predicted octanol–water partition coefficient (Wildman–Crippen LogP) is 2.60. The van der Waals surface area contributed by atoms with Gasteiger partial charge in [0.2, 0.25) is 6.10 Å². The minimum absolute atomic E-state index is 0.0164. The van der Waals surface area contributed by atoms with Gasteiger partial charge in [-0.1, -0.05) is 12.1 Å². The molecule has 2 aliphatic heterocycles. The van der Waals surface area contributed by atoms with E-state index >= 15 is 0 Å². The molecule has 1 fully saturated rings. The van der Waals surface area contributed by atoms with Crippen molar-refractivity contribution in [3.63, 3.8) is 0 Å². The van der Waals surface area contributed by atoms with E-state index in [1.165, 1.54) is 0 Å². The first-order chi connectivity index (χ1) is 15.2. The van der Waals surface area contributed by atoms with Crippen molar-refractivity contribution in [2.45, 2.75) is 6.10 Å². The molecule has 1 atom stereocenters. The van der Waals surface area contributed by atoms with E-state index in [0.717, 1.165) is 5.69 Å². The van der Waals surface area contributed by atoms with Gasteiger partial charge in [-0.3, -0.25) is 9.59 Å². The maximum atomic E-state index is 12.9. The van der Waals surface area contributed by atoms with Gasteiger partial charge in [-0.25, -0.2) is 0 Å². The van der Waals surface area contributed by atoms with Gasteiger partial charge in [-0.2, -0.15) is 0 Å². The summed E-state index contributed by atoms with van der Waals surface area (Å²) in [7, 11) is 0. The number of amides is 2. The van der Waals surface area contributed by atoms with Gasteiger partial charge in [0.1, 0.15) is 6.61 Å². The smallest absolute Gasteiger partial charge is 0.267 e. The summed E-state index contributed by atoms with van der Waals surface area (Å²) >= 11 is 0. The summed E-state index contributed by atoms with van der Waals surface area (Å²) in [5, 5.41) is 0. The lowest BCUT2D eigenvalue weighted by molar-refractivity contribution is -0.142. The third-order valence-electron chi connectivity index (χ3n) is 5.68. The minimum Gasteiger partial charge on any atom is -0.485 e. The summed E-state index contributed by atoms with van der Waals surface area (Å²) in [6.07, 6.45) is 3.28. The SMILES string of the molecule is O=C(c1ccc(-n2cccc2)cc1)N1CCN(C(=O)[C@H]2COc3ccccc3O2)CC1. The van der Waals surface area contributed by atoms with Crippen molar-refractivity contribution >= 4 is 11.8 Å². The van der Waals surface area contributed by atoms with Gasteiger partial charge in [0.05, 0.1) is 0 Å². The topological polar surface area (TPSA) is 64.0 Å². The quantitative estimate of drug-likeness (QED) is 0.657. The number of rotatable bonds is 3. The lowest BCUT2D eigenvalue weighted by Gasteiger charge is -2.37. The van der Waals surface area contributed by atoms with Crippen LogP contribution in [-0.2, 0) is 4.79 Å². The molecule has 1 aromatic heterocycles. The lowest BCUT2D eigenvalue weighted by Crippen LogP contribution is -2.55. The van der Waals surface area contributed by atoms with E-state index in [-0.39, 0.29) is 18.4 Å². The monoisotopic (exact) mass is 417 g/mol. The Morgan fingerprint density at radius 1 is 0.774 bits per heavy atom. The highest BCUT2D eigenvalue weighted by Crippen LogP contribution is 2.31. The fourth-order valence-corrected chi connectivity index (χ4v) is 3.94. The van der Waals surface area contributed by atoms with E-state index in [0.29, 0.717) is 43.2 Å². The number of nitrogens with zero attached hydrogens (tertiary/aromatic N) is 3.